The lowest BCUT2D eigenvalue weighted by Crippen LogP contribution is -2.48. The highest BCUT2D eigenvalue weighted by molar-refractivity contribution is 5.92. The zero-order chi connectivity index (χ0) is 19.4. The van der Waals surface area contributed by atoms with E-state index in [2.05, 4.69) is 10.2 Å². The third-order valence-electron chi connectivity index (χ3n) is 4.62. The van der Waals surface area contributed by atoms with Gasteiger partial charge in [0.2, 0.25) is 5.91 Å². The first-order chi connectivity index (χ1) is 12.9. The number of nitrogens with zero attached hydrogens (tertiary/aromatic N) is 3. The van der Waals surface area contributed by atoms with E-state index in [1.807, 2.05) is 11.8 Å². The van der Waals surface area contributed by atoms with Crippen LogP contribution in [0.3, 0.4) is 0 Å². The SMILES string of the molecule is Cc1cc([N+](=O)[O-])ccc1N1CCN(CC(=O)Nc2ccccc2F)CC1. The van der Waals surface area contributed by atoms with Gasteiger partial charge in [0.05, 0.1) is 17.2 Å². The number of aryl methyl sites for hydroxylation is 1. The number of hydrogen-bond donors (Lipinski definition) is 1. The standard InChI is InChI=1S/C19H21FN4O3/c1-14-12-15(24(26)27)6-7-18(14)23-10-8-22(9-11-23)13-19(25)21-17-5-3-2-4-16(17)20/h2-7,12H,8-11,13H2,1H3,(H,21,25). The van der Waals surface area contributed by atoms with E-state index in [0.717, 1.165) is 11.3 Å². The fourth-order valence-electron chi connectivity index (χ4n) is 3.21. The molecule has 1 N–H and O–H groups in total. The Morgan fingerprint density at radius 2 is 1.89 bits per heavy atom. The van der Waals surface area contributed by atoms with Crippen LogP contribution in [0.1, 0.15) is 5.56 Å². The molecule has 0 atom stereocenters. The Balaban J connectivity index is 1.54. The summed E-state index contributed by atoms with van der Waals surface area (Å²) in [5.74, 6) is -0.704. The summed E-state index contributed by atoms with van der Waals surface area (Å²) in [5, 5.41) is 13.5. The molecule has 0 bridgehead atoms. The van der Waals surface area contributed by atoms with E-state index < -0.39 is 10.7 Å². The van der Waals surface area contributed by atoms with Crippen molar-refractivity contribution >= 4 is 23.0 Å². The van der Waals surface area contributed by atoms with E-state index in [4.69, 9.17) is 0 Å². The average Bonchev–Trinajstić information content (AvgIpc) is 2.64. The van der Waals surface area contributed by atoms with Crippen LogP contribution in [0.5, 0.6) is 0 Å². The molecule has 1 fully saturated rings. The van der Waals surface area contributed by atoms with Crippen LogP contribution in [-0.2, 0) is 4.79 Å². The van der Waals surface area contributed by atoms with Crippen LogP contribution in [-0.4, -0.2) is 48.5 Å². The van der Waals surface area contributed by atoms with E-state index in [9.17, 15) is 19.3 Å². The van der Waals surface area contributed by atoms with Crippen LogP contribution in [0.15, 0.2) is 42.5 Å². The molecule has 8 heteroatoms. The van der Waals surface area contributed by atoms with Crippen molar-refractivity contribution in [3.63, 3.8) is 0 Å². The third kappa shape index (κ3) is 4.59. The molecule has 7 nitrogen and oxygen atoms in total. The van der Waals surface area contributed by atoms with E-state index in [1.54, 1.807) is 24.3 Å². The van der Waals surface area contributed by atoms with Crippen molar-refractivity contribution in [2.45, 2.75) is 6.92 Å². The Morgan fingerprint density at radius 1 is 1.19 bits per heavy atom. The van der Waals surface area contributed by atoms with Crippen molar-refractivity contribution < 1.29 is 14.1 Å². The van der Waals surface area contributed by atoms with Gasteiger partial charge in [0, 0.05) is 44.0 Å². The minimum atomic E-state index is -0.454. The van der Waals surface area contributed by atoms with Crippen LogP contribution < -0.4 is 10.2 Å². The van der Waals surface area contributed by atoms with E-state index in [0.29, 0.717) is 26.2 Å². The Bertz CT molecular complexity index is 851. The number of nitro groups is 1. The maximum atomic E-state index is 13.6. The zero-order valence-corrected chi connectivity index (χ0v) is 15.0. The number of piperazine rings is 1. The van der Waals surface area contributed by atoms with Gasteiger partial charge in [-0.1, -0.05) is 12.1 Å². The molecule has 2 aromatic rings. The molecular weight excluding hydrogens is 351 g/mol. The second-order valence-corrected chi connectivity index (χ2v) is 6.52. The molecule has 1 saturated heterocycles. The summed E-state index contributed by atoms with van der Waals surface area (Å²) in [6, 6.07) is 10.9. The number of non-ortho nitro benzene ring substituents is 1. The van der Waals surface area contributed by atoms with E-state index in [-0.39, 0.29) is 23.8 Å². The van der Waals surface area contributed by atoms with Gasteiger partial charge in [-0.05, 0) is 30.7 Å². The zero-order valence-electron chi connectivity index (χ0n) is 15.0. The molecular formula is C19H21FN4O3. The topological polar surface area (TPSA) is 78.7 Å². The summed E-state index contributed by atoms with van der Waals surface area (Å²) < 4.78 is 13.6. The van der Waals surface area contributed by atoms with Gasteiger partial charge in [0.1, 0.15) is 5.82 Å². The fourth-order valence-corrected chi connectivity index (χ4v) is 3.21. The smallest absolute Gasteiger partial charge is 0.269 e. The predicted octanol–water partition coefficient (Wildman–Crippen LogP) is 2.80. The normalized spacial score (nSPS) is 14.8. The molecule has 0 aromatic heterocycles. The Labute approximate surface area is 156 Å². The molecule has 1 aliphatic rings. The predicted molar refractivity (Wildman–Crippen MR) is 102 cm³/mol. The maximum Gasteiger partial charge on any atom is 0.269 e. The van der Waals surface area contributed by atoms with Gasteiger partial charge in [-0.2, -0.15) is 0 Å². The summed E-state index contributed by atoms with van der Waals surface area (Å²) in [6.45, 7) is 4.84. The fraction of sp³-hybridized carbons (Fsp3) is 0.316. The van der Waals surface area contributed by atoms with E-state index >= 15 is 0 Å². The number of anilines is 2. The highest BCUT2D eigenvalue weighted by atomic mass is 19.1. The lowest BCUT2D eigenvalue weighted by Gasteiger charge is -2.36. The minimum absolute atomic E-state index is 0.0831. The number of amides is 1. The lowest BCUT2D eigenvalue weighted by atomic mass is 10.1. The molecule has 3 rings (SSSR count). The van der Waals surface area contributed by atoms with Crippen LogP contribution in [0.2, 0.25) is 0 Å². The van der Waals surface area contributed by atoms with Crippen molar-refractivity contribution in [3.05, 3.63) is 64.0 Å². The Kier molecular flexibility index (Phi) is 5.66. The van der Waals surface area contributed by atoms with Gasteiger partial charge in [-0.25, -0.2) is 4.39 Å². The number of rotatable bonds is 5. The summed E-state index contributed by atoms with van der Waals surface area (Å²) >= 11 is 0. The number of benzene rings is 2. The molecule has 0 aliphatic carbocycles. The van der Waals surface area contributed by atoms with Gasteiger partial charge < -0.3 is 10.2 Å². The molecule has 0 unspecified atom stereocenters. The molecule has 0 saturated carbocycles. The first kappa shape index (κ1) is 18.8. The Hall–Kier alpha value is -3.00. The highest BCUT2D eigenvalue weighted by Crippen LogP contribution is 2.25. The third-order valence-corrected chi connectivity index (χ3v) is 4.62. The number of carbonyl (C=O) groups is 1. The molecule has 2 aromatic carbocycles. The van der Waals surface area contributed by atoms with Gasteiger partial charge >= 0.3 is 0 Å². The summed E-state index contributed by atoms with van der Waals surface area (Å²) in [5.41, 5.74) is 2.09. The quantitative estimate of drug-likeness (QED) is 0.645. The second kappa shape index (κ2) is 8.13. The molecule has 0 radical (unpaired) electrons. The van der Waals surface area contributed by atoms with Crippen molar-refractivity contribution in [2.75, 3.05) is 42.9 Å². The van der Waals surface area contributed by atoms with Crippen LogP contribution in [0.25, 0.3) is 0 Å². The number of nitrogens with one attached hydrogen (secondary N) is 1. The largest absolute Gasteiger partial charge is 0.369 e. The van der Waals surface area contributed by atoms with Crippen LogP contribution >= 0.6 is 0 Å². The average molecular weight is 372 g/mol. The number of hydrogen-bond acceptors (Lipinski definition) is 5. The van der Waals surface area contributed by atoms with Gasteiger partial charge in [0.25, 0.3) is 5.69 Å². The first-order valence-corrected chi connectivity index (χ1v) is 8.71. The minimum Gasteiger partial charge on any atom is -0.369 e. The highest BCUT2D eigenvalue weighted by Gasteiger charge is 2.21. The number of carbonyl (C=O) groups excluding carboxylic acids is 1. The lowest BCUT2D eigenvalue weighted by molar-refractivity contribution is -0.384. The second-order valence-electron chi connectivity index (χ2n) is 6.52. The monoisotopic (exact) mass is 372 g/mol. The molecule has 27 heavy (non-hydrogen) atoms. The molecule has 142 valence electrons. The van der Waals surface area contributed by atoms with Crippen molar-refractivity contribution in [1.82, 2.24) is 4.90 Å². The molecule has 0 spiro atoms. The first-order valence-electron chi connectivity index (χ1n) is 8.71. The summed E-state index contributed by atoms with van der Waals surface area (Å²) in [7, 11) is 0. The number of halogens is 1. The van der Waals surface area contributed by atoms with Gasteiger partial charge in [0.15, 0.2) is 0 Å². The summed E-state index contributed by atoms with van der Waals surface area (Å²) in [6.07, 6.45) is 0. The van der Waals surface area contributed by atoms with E-state index in [1.165, 1.54) is 18.2 Å². The number of nitro benzene ring substituents is 1. The van der Waals surface area contributed by atoms with Crippen LogP contribution in [0.4, 0.5) is 21.5 Å². The molecule has 1 aliphatic heterocycles. The summed E-state index contributed by atoms with van der Waals surface area (Å²) in [4.78, 5) is 26.8. The van der Waals surface area contributed by atoms with Crippen molar-refractivity contribution in [3.8, 4) is 0 Å². The van der Waals surface area contributed by atoms with Gasteiger partial charge in [-0.15, -0.1) is 0 Å². The maximum absolute atomic E-state index is 13.6. The van der Waals surface area contributed by atoms with Crippen LogP contribution in [0, 0.1) is 22.9 Å². The van der Waals surface area contributed by atoms with Gasteiger partial charge in [-0.3, -0.25) is 19.8 Å². The van der Waals surface area contributed by atoms with Crippen molar-refractivity contribution in [2.24, 2.45) is 0 Å². The number of para-hydroxylation sites is 1. The molecule has 1 heterocycles. The Morgan fingerprint density at radius 3 is 2.52 bits per heavy atom. The molecule has 1 amide bonds. The van der Waals surface area contributed by atoms with Crippen molar-refractivity contribution in [1.29, 1.82) is 0 Å².